The topological polar surface area (TPSA) is 21.3 Å². The second-order valence-electron chi connectivity index (χ2n) is 6.47. The molecular weight excluding hydrogens is 234 g/mol. The Bertz CT molecular complexity index is 423. The number of rotatable bonds is 6. The van der Waals surface area contributed by atoms with E-state index in [9.17, 15) is 0 Å². The minimum absolute atomic E-state index is 0.215. The fraction of sp³-hybridized carbons (Fsp3) is 0.647. The minimum atomic E-state index is 0.215. The Labute approximate surface area is 117 Å². The summed E-state index contributed by atoms with van der Waals surface area (Å²) in [5.41, 5.74) is 1.76. The summed E-state index contributed by atoms with van der Waals surface area (Å²) in [6, 6.07) is 9.23. The molecule has 0 heterocycles. The van der Waals surface area contributed by atoms with Gasteiger partial charge in [-0.15, -0.1) is 0 Å². The third-order valence-electron chi connectivity index (χ3n) is 4.33. The van der Waals surface area contributed by atoms with Crippen molar-refractivity contribution in [2.45, 2.75) is 65.6 Å². The molecule has 0 bridgehead atoms. The van der Waals surface area contributed by atoms with Crippen molar-refractivity contribution >= 4 is 0 Å². The van der Waals surface area contributed by atoms with Gasteiger partial charge in [-0.1, -0.05) is 25.1 Å². The van der Waals surface area contributed by atoms with E-state index >= 15 is 0 Å². The van der Waals surface area contributed by atoms with Crippen LogP contribution in [-0.2, 0) is 0 Å². The van der Waals surface area contributed by atoms with Crippen LogP contribution in [0.15, 0.2) is 24.3 Å². The van der Waals surface area contributed by atoms with Gasteiger partial charge in [0.15, 0.2) is 0 Å². The SMILES string of the molecule is CC(C)Oc1ccccc1C(C)NC(C)C1(C)CC1. The lowest BCUT2D eigenvalue weighted by atomic mass is 9.98. The molecule has 106 valence electrons. The highest BCUT2D eigenvalue weighted by atomic mass is 16.5. The summed E-state index contributed by atoms with van der Waals surface area (Å²) in [4.78, 5) is 0. The van der Waals surface area contributed by atoms with Crippen molar-refractivity contribution in [3.8, 4) is 5.75 Å². The zero-order chi connectivity index (χ0) is 14.0. The second-order valence-corrected chi connectivity index (χ2v) is 6.47. The predicted molar refractivity (Wildman–Crippen MR) is 80.6 cm³/mol. The van der Waals surface area contributed by atoms with Crippen LogP contribution in [0.3, 0.4) is 0 Å². The molecule has 1 saturated carbocycles. The van der Waals surface area contributed by atoms with Crippen molar-refractivity contribution in [3.63, 3.8) is 0 Å². The van der Waals surface area contributed by atoms with Crippen LogP contribution < -0.4 is 10.1 Å². The Morgan fingerprint density at radius 3 is 2.32 bits per heavy atom. The Morgan fingerprint density at radius 1 is 1.11 bits per heavy atom. The molecule has 0 saturated heterocycles. The molecule has 0 amide bonds. The Balaban J connectivity index is 2.07. The van der Waals surface area contributed by atoms with E-state index in [2.05, 4.69) is 58.1 Å². The van der Waals surface area contributed by atoms with Gasteiger partial charge in [0.2, 0.25) is 0 Å². The molecule has 1 aliphatic rings. The molecule has 2 unspecified atom stereocenters. The average Bonchev–Trinajstić information content (AvgIpc) is 3.08. The molecule has 19 heavy (non-hydrogen) atoms. The first kappa shape index (κ1) is 14.4. The van der Waals surface area contributed by atoms with E-state index in [-0.39, 0.29) is 6.10 Å². The largest absolute Gasteiger partial charge is 0.491 e. The minimum Gasteiger partial charge on any atom is -0.491 e. The zero-order valence-electron chi connectivity index (χ0n) is 12.9. The van der Waals surface area contributed by atoms with Gasteiger partial charge >= 0.3 is 0 Å². The van der Waals surface area contributed by atoms with Crippen LogP contribution in [0.5, 0.6) is 5.75 Å². The normalized spacial score (nSPS) is 20.1. The van der Waals surface area contributed by atoms with Crippen LogP contribution in [0.25, 0.3) is 0 Å². The molecule has 1 fully saturated rings. The van der Waals surface area contributed by atoms with Crippen molar-refractivity contribution in [2.75, 3.05) is 0 Å². The lowest BCUT2D eigenvalue weighted by Crippen LogP contribution is -2.35. The maximum absolute atomic E-state index is 5.91. The summed E-state index contributed by atoms with van der Waals surface area (Å²) in [7, 11) is 0. The third kappa shape index (κ3) is 3.50. The summed E-state index contributed by atoms with van der Waals surface area (Å²) < 4.78 is 5.91. The van der Waals surface area contributed by atoms with Crippen LogP contribution in [-0.4, -0.2) is 12.1 Å². The number of para-hydroxylation sites is 1. The highest BCUT2D eigenvalue weighted by Crippen LogP contribution is 2.48. The van der Waals surface area contributed by atoms with E-state index in [1.807, 2.05) is 6.07 Å². The van der Waals surface area contributed by atoms with Crippen molar-refractivity contribution < 1.29 is 4.74 Å². The maximum atomic E-state index is 5.91. The molecule has 0 aromatic heterocycles. The fourth-order valence-corrected chi connectivity index (χ4v) is 2.50. The van der Waals surface area contributed by atoms with Crippen LogP contribution in [0.1, 0.15) is 59.1 Å². The molecule has 0 radical (unpaired) electrons. The van der Waals surface area contributed by atoms with Crippen LogP contribution >= 0.6 is 0 Å². The number of ether oxygens (including phenoxy) is 1. The van der Waals surface area contributed by atoms with Crippen molar-refractivity contribution in [2.24, 2.45) is 5.41 Å². The quantitative estimate of drug-likeness (QED) is 0.823. The van der Waals surface area contributed by atoms with Gasteiger partial charge in [0.25, 0.3) is 0 Å². The molecule has 2 rings (SSSR count). The van der Waals surface area contributed by atoms with Gasteiger partial charge in [0, 0.05) is 17.6 Å². The van der Waals surface area contributed by atoms with Crippen molar-refractivity contribution in [1.82, 2.24) is 5.32 Å². The Kier molecular flexibility index (Phi) is 4.19. The summed E-state index contributed by atoms with van der Waals surface area (Å²) in [5.74, 6) is 1.01. The Morgan fingerprint density at radius 2 is 1.74 bits per heavy atom. The monoisotopic (exact) mass is 261 g/mol. The van der Waals surface area contributed by atoms with Gasteiger partial charge in [-0.3, -0.25) is 0 Å². The van der Waals surface area contributed by atoms with E-state index < -0.39 is 0 Å². The Hall–Kier alpha value is -1.02. The fourth-order valence-electron chi connectivity index (χ4n) is 2.50. The van der Waals surface area contributed by atoms with Crippen molar-refractivity contribution in [1.29, 1.82) is 0 Å². The van der Waals surface area contributed by atoms with Gasteiger partial charge in [0.1, 0.15) is 5.75 Å². The van der Waals surface area contributed by atoms with Gasteiger partial charge in [-0.2, -0.15) is 0 Å². The van der Waals surface area contributed by atoms with Crippen LogP contribution in [0.4, 0.5) is 0 Å². The van der Waals surface area contributed by atoms with Crippen molar-refractivity contribution in [3.05, 3.63) is 29.8 Å². The molecule has 1 aromatic rings. The van der Waals surface area contributed by atoms with Gasteiger partial charge in [-0.25, -0.2) is 0 Å². The van der Waals surface area contributed by atoms with E-state index in [1.54, 1.807) is 0 Å². The number of nitrogens with one attached hydrogen (secondary N) is 1. The first-order valence-electron chi connectivity index (χ1n) is 7.44. The first-order chi connectivity index (χ1) is 8.92. The van der Waals surface area contributed by atoms with Crippen LogP contribution in [0, 0.1) is 5.41 Å². The zero-order valence-corrected chi connectivity index (χ0v) is 12.9. The molecule has 1 N–H and O–H groups in total. The van der Waals surface area contributed by atoms with Crippen LogP contribution in [0.2, 0.25) is 0 Å². The standard InChI is InChI=1S/C17H27NO/c1-12(2)19-16-9-7-6-8-15(16)13(3)18-14(4)17(5)10-11-17/h6-9,12-14,18H,10-11H2,1-5H3. The number of hydrogen-bond donors (Lipinski definition) is 1. The smallest absolute Gasteiger partial charge is 0.124 e. The summed E-state index contributed by atoms with van der Waals surface area (Å²) in [5, 5.41) is 3.73. The van der Waals surface area contributed by atoms with E-state index in [0.717, 1.165) is 5.75 Å². The summed E-state index contributed by atoms with van der Waals surface area (Å²) in [6.45, 7) is 11.0. The summed E-state index contributed by atoms with van der Waals surface area (Å²) >= 11 is 0. The number of benzene rings is 1. The average molecular weight is 261 g/mol. The third-order valence-corrected chi connectivity index (χ3v) is 4.33. The van der Waals surface area contributed by atoms with E-state index in [4.69, 9.17) is 4.74 Å². The highest BCUT2D eigenvalue weighted by molar-refractivity contribution is 5.36. The molecule has 0 spiro atoms. The molecule has 0 aliphatic heterocycles. The lowest BCUT2D eigenvalue weighted by Gasteiger charge is -2.27. The molecule has 2 atom stereocenters. The summed E-state index contributed by atoms with van der Waals surface area (Å²) in [6.07, 6.45) is 2.91. The maximum Gasteiger partial charge on any atom is 0.124 e. The van der Waals surface area contributed by atoms with E-state index in [1.165, 1.54) is 18.4 Å². The van der Waals surface area contributed by atoms with E-state index in [0.29, 0.717) is 17.5 Å². The molecule has 2 nitrogen and oxygen atoms in total. The molecule has 1 aromatic carbocycles. The van der Waals surface area contributed by atoms with Gasteiger partial charge in [0.05, 0.1) is 6.10 Å². The molecule has 2 heteroatoms. The lowest BCUT2D eigenvalue weighted by molar-refractivity contribution is 0.236. The second kappa shape index (κ2) is 5.54. The predicted octanol–water partition coefficient (Wildman–Crippen LogP) is 4.31. The van der Waals surface area contributed by atoms with Gasteiger partial charge < -0.3 is 10.1 Å². The highest BCUT2D eigenvalue weighted by Gasteiger charge is 2.42. The number of hydrogen-bond acceptors (Lipinski definition) is 2. The van der Waals surface area contributed by atoms with Gasteiger partial charge in [-0.05, 0) is 52.0 Å². The molecular formula is C17H27NO. The molecule has 1 aliphatic carbocycles. The first-order valence-corrected chi connectivity index (χ1v) is 7.44.